The number of benzene rings is 1. The van der Waals surface area contributed by atoms with E-state index < -0.39 is 6.10 Å². The Hall–Kier alpha value is -2.05. The van der Waals surface area contributed by atoms with Crippen LogP contribution in [0.3, 0.4) is 0 Å². The lowest BCUT2D eigenvalue weighted by Crippen LogP contribution is -2.32. The molecule has 0 spiro atoms. The number of thiophene rings is 1. The first-order chi connectivity index (χ1) is 10.2. The highest BCUT2D eigenvalue weighted by Crippen LogP contribution is 2.28. The molecule has 110 valence electrons. The molecule has 2 aromatic rings. The molecule has 5 nitrogen and oxygen atoms in total. The van der Waals surface area contributed by atoms with Gasteiger partial charge in [-0.2, -0.15) is 0 Å². The predicted octanol–water partition coefficient (Wildman–Crippen LogP) is 2.54. The zero-order valence-corrected chi connectivity index (χ0v) is 12.2. The number of anilines is 1. The van der Waals surface area contributed by atoms with Gasteiger partial charge in [0.05, 0.1) is 17.7 Å². The van der Waals surface area contributed by atoms with Crippen molar-refractivity contribution in [2.24, 2.45) is 0 Å². The van der Waals surface area contributed by atoms with Crippen molar-refractivity contribution in [3.63, 3.8) is 0 Å². The summed E-state index contributed by atoms with van der Waals surface area (Å²) in [6, 6.07) is 9.00. The Labute approximate surface area is 126 Å². The lowest BCUT2D eigenvalue weighted by molar-refractivity contribution is 0.175. The molecule has 1 aromatic carbocycles. The monoisotopic (exact) mass is 304 g/mol. The van der Waals surface area contributed by atoms with Gasteiger partial charge in [-0.25, -0.2) is 4.79 Å². The second-order valence-electron chi connectivity index (χ2n) is 4.79. The summed E-state index contributed by atoms with van der Waals surface area (Å²) < 4.78 is 5.43. The molecular weight excluding hydrogens is 288 g/mol. The quantitative estimate of drug-likeness (QED) is 0.813. The second-order valence-corrected chi connectivity index (χ2v) is 5.74. The van der Waals surface area contributed by atoms with Crippen molar-refractivity contribution in [3.8, 4) is 5.75 Å². The van der Waals surface area contributed by atoms with E-state index in [9.17, 15) is 9.90 Å². The zero-order chi connectivity index (χ0) is 14.7. The topological polar surface area (TPSA) is 70.6 Å². The van der Waals surface area contributed by atoms with E-state index in [-0.39, 0.29) is 12.6 Å². The van der Waals surface area contributed by atoms with Crippen LogP contribution in [0, 0.1) is 0 Å². The molecule has 0 bridgehead atoms. The van der Waals surface area contributed by atoms with Crippen molar-refractivity contribution in [1.82, 2.24) is 5.32 Å². The number of carbonyl (C=O) groups is 1. The highest BCUT2D eigenvalue weighted by molar-refractivity contribution is 7.14. The van der Waals surface area contributed by atoms with E-state index in [1.165, 1.54) is 11.3 Å². The van der Waals surface area contributed by atoms with Crippen LogP contribution in [-0.4, -0.2) is 24.3 Å². The van der Waals surface area contributed by atoms with Crippen molar-refractivity contribution >= 4 is 22.4 Å². The van der Waals surface area contributed by atoms with Gasteiger partial charge >= 0.3 is 6.03 Å². The molecule has 0 radical (unpaired) electrons. The maximum Gasteiger partial charge on any atom is 0.319 e. The molecule has 1 aromatic heterocycles. The highest BCUT2D eigenvalue weighted by atomic mass is 32.1. The summed E-state index contributed by atoms with van der Waals surface area (Å²) >= 11 is 1.45. The lowest BCUT2D eigenvalue weighted by atomic mass is 10.0. The lowest BCUT2D eigenvalue weighted by Gasteiger charge is -2.13. The molecule has 0 saturated heterocycles. The third kappa shape index (κ3) is 3.34. The number of carbonyl (C=O) groups excluding carboxylic acids is 1. The summed E-state index contributed by atoms with van der Waals surface area (Å²) in [5.74, 6) is 0.884. The zero-order valence-electron chi connectivity index (χ0n) is 11.3. The highest BCUT2D eigenvalue weighted by Gasteiger charge is 2.16. The van der Waals surface area contributed by atoms with Crippen LogP contribution in [0.1, 0.15) is 17.2 Å². The van der Waals surface area contributed by atoms with Gasteiger partial charge in [0.1, 0.15) is 5.75 Å². The van der Waals surface area contributed by atoms with Gasteiger partial charge < -0.3 is 15.2 Å². The Bertz CT molecular complexity index is 628. The summed E-state index contributed by atoms with van der Waals surface area (Å²) in [4.78, 5) is 11.7. The van der Waals surface area contributed by atoms with Gasteiger partial charge in [-0.3, -0.25) is 5.32 Å². The number of fused-ring (bicyclic) bond motifs is 1. The van der Waals surface area contributed by atoms with E-state index >= 15 is 0 Å². The first-order valence-corrected chi connectivity index (χ1v) is 7.62. The van der Waals surface area contributed by atoms with Gasteiger partial charge in [0.2, 0.25) is 0 Å². The minimum Gasteiger partial charge on any atom is -0.493 e. The van der Waals surface area contributed by atoms with Gasteiger partial charge in [-0.15, -0.1) is 11.3 Å². The van der Waals surface area contributed by atoms with Crippen molar-refractivity contribution in [2.45, 2.75) is 12.5 Å². The summed E-state index contributed by atoms with van der Waals surface area (Å²) in [5.41, 5.74) is 1.89. The molecule has 3 rings (SSSR count). The van der Waals surface area contributed by atoms with Gasteiger partial charge in [-0.1, -0.05) is 6.07 Å². The van der Waals surface area contributed by atoms with Crippen LogP contribution in [0.2, 0.25) is 0 Å². The molecule has 0 aliphatic carbocycles. The van der Waals surface area contributed by atoms with Gasteiger partial charge in [-0.05, 0) is 40.8 Å². The van der Waals surface area contributed by atoms with E-state index in [4.69, 9.17) is 4.74 Å². The van der Waals surface area contributed by atoms with Crippen LogP contribution in [-0.2, 0) is 6.42 Å². The number of rotatable bonds is 4. The average molecular weight is 304 g/mol. The maximum atomic E-state index is 11.7. The number of hydrogen-bond donors (Lipinski definition) is 3. The normalized spacial score (nSPS) is 14.1. The molecule has 1 aliphatic heterocycles. The Morgan fingerprint density at radius 3 is 3.14 bits per heavy atom. The first-order valence-electron chi connectivity index (χ1n) is 6.74. The molecule has 1 aliphatic rings. The Morgan fingerprint density at radius 1 is 1.43 bits per heavy atom. The standard InChI is InChI=1S/C15H16N2O3S/c18-12(9-16-15(19)17-14-2-1-7-21-14)10-3-4-13-11(8-10)5-6-20-13/h1-4,7-8,12,18H,5-6,9H2,(H2,16,17,19). The molecule has 6 heteroatoms. The Morgan fingerprint density at radius 2 is 2.33 bits per heavy atom. The predicted molar refractivity (Wildman–Crippen MR) is 81.9 cm³/mol. The molecule has 1 unspecified atom stereocenters. The van der Waals surface area contributed by atoms with Gasteiger partial charge in [0.15, 0.2) is 0 Å². The molecule has 0 fully saturated rings. The molecular formula is C15H16N2O3S. The number of aliphatic hydroxyl groups excluding tert-OH is 1. The van der Waals surface area contributed by atoms with Crippen molar-refractivity contribution in [3.05, 3.63) is 46.8 Å². The number of amides is 2. The molecule has 3 N–H and O–H groups in total. The van der Waals surface area contributed by atoms with Crippen LogP contribution in [0.15, 0.2) is 35.7 Å². The minimum absolute atomic E-state index is 0.164. The number of hydrogen-bond acceptors (Lipinski definition) is 4. The second kappa shape index (κ2) is 6.15. The van der Waals surface area contributed by atoms with Crippen LogP contribution in [0.25, 0.3) is 0 Å². The fourth-order valence-electron chi connectivity index (χ4n) is 2.23. The molecule has 1 atom stereocenters. The molecule has 2 amide bonds. The van der Waals surface area contributed by atoms with Crippen LogP contribution >= 0.6 is 11.3 Å². The van der Waals surface area contributed by atoms with Gasteiger partial charge in [0.25, 0.3) is 0 Å². The number of nitrogens with one attached hydrogen (secondary N) is 2. The summed E-state index contributed by atoms with van der Waals surface area (Å²) in [6.45, 7) is 0.854. The van der Waals surface area contributed by atoms with Crippen LogP contribution < -0.4 is 15.4 Å². The Balaban J connectivity index is 1.54. The van der Waals surface area contributed by atoms with Crippen LogP contribution in [0.5, 0.6) is 5.75 Å². The van der Waals surface area contributed by atoms with Crippen molar-refractivity contribution in [1.29, 1.82) is 0 Å². The molecule has 2 heterocycles. The van der Waals surface area contributed by atoms with E-state index in [2.05, 4.69) is 10.6 Å². The minimum atomic E-state index is -0.731. The largest absolute Gasteiger partial charge is 0.493 e. The number of aliphatic hydroxyl groups is 1. The van der Waals surface area contributed by atoms with Crippen molar-refractivity contribution in [2.75, 3.05) is 18.5 Å². The number of ether oxygens (including phenoxy) is 1. The third-order valence-electron chi connectivity index (χ3n) is 3.31. The van der Waals surface area contributed by atoms with E-state index in [1.807, 2.05) is 35.7 Å². The van der Waals surface area contributed by atoms with E-state index in [0.29, 0.717) is 6.61 Å². The summed E-state index contributed by atoms with van der Waals surface area (Å²) in [6.07, 6.45) is 0.132. The van der Waals surface area contributed by atoms with Gasteiger partial charge in [0, 0.05) is 13.0 Å². The summed E-state index contributed by atoms with van der Waals surface area (Å²) in [5, 5.41) is 18.2. The number of urea groups is 1. The van der Waals surface area contributed by atoms with Crippen molar-refractivity contribution < 1.29 is 14.6 Å². The fraction of sp³-hybridized carbons (Fsp3) is 0.267. The SMILES string of the molecule is O=C(NCC(O)c1ccc2c(c1)CCO2)Nc1cccs1. The molecule has 21 heavy (non-hydrogen) atoms. The smallest absolute Gasteiger partial charge is 0.319 e. The Kier molecular flexibility index (Phi) is 4.08. The fourth-order valence-corrected chi connectivity index (χ4v) is 2.84. The molecule has 0 saturated carbocycles. The third-order valence-corrected chi connectivity index (χ3v) is 4.10. The average Bonchev–Trinajstić information content (AvgIpc) is 3.14. The van der Waals surface area contributed by atoms with E-state index in [0.717, 1.165) is 28.3 Å². The summed E-state index contributed by atoms with van der Waals surface area (Å²) in [7, 11) is 0. The van der Waals surface area contributed by atoms with Crippen LogP contribution in [0.4, 0.5) is 9.80 Å². The first kappa shape index (κ1) is 13.9. The maximum absolute atomic E-state index is 11.7. The van der Waals surface area contributed by atoms with E-state index in [1.54, 1.807) is 0 Å².